The van der Waals surface area contributed by atoms with Gasteiger partial charge in [-0.05, 0) is 136 Å². The highest BCUT2D eigenvalue weighted by Crippen LogP contribution is 2.34. The van der Waals surface area contributed by atoms with Crippen molar-refractivity contribution < 1.29 is 36.3 Å². The van der Waals surface area contributed by atoms with E-state index in [1.807, 2.05) is 106 Å². The lowest BCUT2D eigenvalue weighted by molar-refractivity contribution is -0.157. The summed E-state index contributed by atoms with van der Waals surface area (Å²) in [5.41, 5.74) is 1.18. The molecule has 0 aliphatic carbocycles. The summed E-state index contributed by atoms with van der Waals surface area (Å²) in [5.74, 6) is 1.73. The number of nitrogens with zero attached hydrogens (tertiary/aromatic N) is 2. The minimum absolute atomic E-state index is 0.151. The minimum Gasteiger partial charge on any atom is -0.487 e. The largest absolute Gasteiger partial charge is 0.487 e. The number of pyridine rings is 2. The second-order valence-electron chi connectivity index (χ2n) is 15.2. The van der Waals surface area contributed by atoms with Crippen molar-refractivity contribution in [3.63, 3.8) is 0 Å². The number of rotatable bonds is 21. The minimum atomic E-state index is -3.56. The Morgan fingerprint density at radius 2 is 1.02 bits per heavy atom. The lowest BCUT2D eigenvalue weighted by Gasteiger charge is -2.19. The van der Waals surface area contributed by atoms with Crippen molar-refractivity contribution in [3.05, 3.63) is 163 Å². The van der Waals surface area contributed by atoms with Crippen molar-refractivity contribution in [1.29, 1.82) is 0 Å². The van der Waals surface area contributed by atoms with Crippen LogP contribution in [-0.4, -0.2) is 43.2 Å². The van der Waals surface area contributed by atoms with Gasteiger partial charge in [0.15, 0.2) is 21.3 Å². The molecule has 0 spiro atoms. The van der Waals surface area contributed by atoms with E-state index < -0.39 is 32.6 Å². The van der Waals surface area contributed by atoms with Crippen molar-refractivity contribution in [3.8, 4) is 17.2 Å². The molecule has 10 nitrogen and oxygen atoms in total. The lowest BCUT2D eigenvalue weighted by Crippen LogP contribution is -2.27. The van der Waals surface area contributed by atoms with Crippen molar-refractivity contribution in [2.45, 2.75) is 105 Å². The Morgan fingerprint density at radius 3 is 1.47 bits per heavy atom. The standard InChI is InChI=1S/C36H35N2O5S.C14H22O3S/c1-36(2,3)43-35(39)26-42-31-14-20-34(21-15-31)44(32-16-10-29(11-17-32)40-24-27-8-4-6-22-37-27)33-18-12-30(13-19-33)41-25-28-9-5-7-23-38-28;1-2-3-4-5-6-10-13-17-18(15,16)14-11-8-7-9-12-14/h4-23H,24-26H2,1-3H3;7-9,11-12H,2-6,10,13H2,1H3/q+1;. The fourth-order valence-electron chi connectivity index (χ4n) is 5.93. The van der Waals surface area contributed by atoms with Crippen molar-refractivity contribution in [2.24, 2.45) is 0 Å². The molecule has 6 rings (SSSR count). The average Bonchev–Trinajstić information content (AvgIpc) is 3.28. The Hall–Kier alpha value is -5.69. The molecule has 12 heteroatoms. The number of esters is 1. The van der Waals surface area contributed by atoms with Gasteiger partial charge in [-0.3, -0.25) is 14.2 Å². The third-order valence-corrected chi connectivity index (χ3v) is 12.5. The summed E-state index contributed by atoms with van der Waals surface area (Å²) >= 11 is 0. The molecule has 2 aromatic heterocycles. The first-order valence-electron chi connectivity index (χ1n) is 20.9. The van der Waals surface area contributed by atoms with Gasteiger partial charge in [0, 0.05) is 12.4 Å². The summed E-state index contributed by atoms with van der Waals surface area (Å²) in [7, 11) is -3.99. The highest BCUT2D eigenvalue weighted by molar-refractivity contribution is 7.97. The number of benzene rings is 4. The lowest BCUT2D eigenvalue weighted by atomic mass is 10.1. The smallest absolute Gasteiger partial charge is 0.344 e. The third kappa shape index (κ3) is 16.6. The fraction of sp³-hybridized carbons (Fsp3) is 0.300. The molecule has 0 unspecified atom stereocenters. The van der Waals surface area contributed by atoms with E-state index in [4.69, 9.17) is 23.1 Å². The van der Waals surface area contributed by atoms with Crippen molar-refractivity contribution in [1.82, 2.24) is 9.97 Å². The van der Waals surface area contributed by atoms with Gasteiger partial charge in [-0.15, -0.1) is 0 Å². The van der Waals surface area contributed by atoms with Crippen LogP contribution in [0.5, 0.6) is 17.2 Å². The van der Waals surface area contributed by atoms with Gasteiger partial charge in [-0.2, -0.15) is 8.42 Å². The van der Waals surface area contributed by atoms with Gasteiger partial charge in [0.2, 0.25) is 0 Å². The number of ether oxygens (including phenoxy) is 4. The number of hydrogen-bond acceptors (Lipinski definition) is 10. The van der Waals surface area contributed by atoms with Crippen LogP contribution in [0.25, 0.3) is 0 Å². The van der Waals surface area contributed by atoms with E-state index in [2.05, 4.69) is 41.2 Å². The maximum Gasteiger partial charge on any atom is 0.344 e. The molecule has 0 saturated carbocycles. The van der Waals surface area contributed by atoms with Gasteiger partial charge >= 0.3 is 5.97 Å². The van der Waals surface area contributed by atoms with Crippen LogP contribution in [0, 0.1) is 0 Å². The number of carbonyl (C=O) groups is 1. The van der Waals surface area contributed by atoms with E-state index in [0.717, 1.165) is 56.8 Å². The average molecular weight is 878 g/mol. The zero-order valence-corrected chi connectivity index (χ0v) is 37.6. The predicted octanol–water partition coefficient (Wildman–Crippen LogP) is 11.2. The fourth-order valence-corrected chi connectivity index (χ4v) is 8.93. The van der Waals surface area contributed by atoms with Crippen LogP contribution < -0.4 is 14.2 Å². The van der Waals surface area contributed by atoms with Crippen LogP contribution in [0.15, 0.2) is 172 Å². The summed E-state index contributed by atoms with van der Waals surface area (Å²) < 4.78 is 51.5. The first-order valence-corrected chi connectivity index (χ1v) is 23.5. The van der Waals surface area contributed by atoms with Crippen LogP contribution in [0.3, 0.4) is 0 Å². The van der Waals surface area contributed by atoms with Gasteiger partial charge in [-0.25, -0.2) is 4.79 Å². The predicted molar refractivity (Wildman–Crippen MR) is 243 cm³/mol. The maximum atomic E-state index is 12.1. The normalized spacial score (nSPS) is 11.3. The molecule has 62 heavy (non-hydrogen) atoms. The first kappa shape index (κ1) is 47.4. The molecule has 0 amide bonds. The molecule has 0 aliphatic rings. The molecule has 326 valence electrons. The highest BCUT2D eigenvalue weighted by atomic mass is 32.2. The summed E-state index contributed by atoms with van der Waals surface area (Å²) in [6.07, 6.45) is 10.2. The maximum absolute atomic E-state index is 12.1. The van der Waals surface area contributed by atoms with Crippen molar-refractivity contribution >= 4 is 27.0 Å². The SMILES string of the molecule is CC(C)(C)OC(=O)COc1ccc([S+](c2ccc(OCc3ccccn3)cc2)c2ccc(OCc3ccccn3)cc2)cc1.CCCCCCCCOS(=O)(=O)c1ccccc1. The Bertz CT molecular complexity index is 2200. The van der Waals surface area contributed by atoms with E-state index in [9.17, 15) is 13.2 Å². The molecule has 0 atom stereocenters. The Kier molecular flexibility index (Phi) is 18.8. The molecule has 0 aliphatic heterocycles. The van der Waals surface area contributed by atoms with Gasteiger partial charge in [-0.1, -0.05) is 69.4 Å². The van der Waals surface area contributed by atoms with Gasteiger partial charge < -0.3 is 18.9 Å². The quantitative estimate of drug-likeness (QED) is 0.0299. The van der Waals surface area contributed by atoms with Crippen LogP contribution in [0.4, 0.5) is 0 Å². The molecule has 0 fully saturated rings. The Labute approximate surface area is 370 Å². The van der Waals surface area contributed by atoms with E-state index in [1.165, 1.54) is 19.3 Å². The highest BCUT2D eigenvalue weighted by Gasteiger charge is 2.29. The zero-order valence-electron chi connectivity index (χ0n) is 36.0. The molecule has 0 bridgehead atoms. The van der Waals surface area contributed by atoms with Crippen LogP contribution in [-0.2, 0) is 47.9 Å². The molecule has 6 aromatic rings. The summed E-state index contributed by atoms with van der Waals surface area (Å²) in [6, 6.07) is 44.0. The molecule has 4 aromatic carbocycles. The molecule has 2 heterocycles. The van der Waals surface area contributed by atoms with E-state index in [0.29, 0.717) is 19.0 Å². The Balaban J connectivity index is 0.000000338. The summed E-state index contributed by atoms with van der Waals surface area (Å²) in [4.78, 5) is 24.3. The van der Waals surface area contributed by atoms with E-state index in [-0.39, 0.29) is 18.1 Å². The third-order valence-electron chi connectivity index (χ3n) is 8.95. The molecule has 0 radical (unpaired) electrons. The van der Waals surface area contributed by atoms with Crippen LogP contribution >= 0.6 is 0 Å². The number of hydrogen-bond donors (Lipinski definition) is 0. The zero-order chi connectivity index (χ0) is 44.0. The van der Waals surface area contributed by atoms with E-state index >= 15 is 0 Å². The molecule has 0 saturated heterocycles. The number of carbonyl (C=O) groups excluding carboxylic acids is 1. The Morgan fingerprint density at radius 1 is 0.565 bits per heavy atom. The van der Waals surface area contributed by atoms with Gasteiger partial charge in [0.25, 0.3) is 10.1 Å². The van der Waals surface area contributed by atoms with E-state index in [1.54, 1.807) is 42.7 Å². The molecular formula is C50H57N2O8S2+. The summed E-state index contributed by atoms with van der Waals surface area (Å²) in [5, 5.41) is 0. The van der Waals surface area contributed by atoms with Crippen molar-refractivity contribution in [2.75, 3.05) is 13.2 Å². The monoisotopic (exact) mass is 877 g/mol. The topological polar surface area (TPSA) is 123 Å². The van der Waals surface area contributed by atoms with Gasteiger partial charge in [0.05, 0.1) is 33.8 Å². The van der Waals surface area contributed by atoms with Gasteiger partial charge in [0.1, 0.15) is 36.1 Å². The molecular weight excluding hydrogens is 821 g/mol. The van der Waals surface area contributed by atoms with Crippen LogP contribution in [0.1, 0.15) is 77.6 Å². The number of unbranched alkanes of at least 4 members (excludes halogenated alkanes) is 5. The molecule has 0 N–H and O–H groups in total. The number of aromatic nitrogens is 2. The summed E-state index contributed by atoms with van der Waals surface area (Å²) in [6.45, 7) is 8.60. The van der Waals surface area contributed by atoms with Crippen LogP contribution in [0.2, 0.25) is 0 Å². The second-order valence-corrected chi connectivity index (χ2v) is 18.8. The first-order chi connectivity index (χ1) is 30.0. The second kappa shape index (κ2) is 24.7.